The second-order valence-corrected chi connectivity index (χ2v) is 5.44. The lowest BCUT2D eigenvalue weighted by Gasteiger charge is -2.16. The second-order valence-electron chi connectivity index (χ2n) is 4.45. The molecule has 1 unspecified atom stereocenters. The fourth-order valence-corrected chi connectivity index (χ4v) is 2.47. The molecule has 15 heavy (non-hydrogen) atoms. The molecule has 2 fully saturated rings. The second kappa shape index (κ2) is 5.21. The predicted molar refractivity (Wildman–Crippen MR) is 64.1 cm³/mol. The molecule has 0 bridgehead atoms. The minimum Gasteiger partial charge on any atom is -0.341 e. The molecule has 0 aromatic rings. The highest BCUT2D eigenvalue weighted by Crippen LogP contribution is 2.22. The molecule has 1 aliphatic heterocycles. The number of thioether (sulfide) groups is 1. The summed E-state index contributed by atoms with van der Waals surface area (Å²) in [5.74, 6) is 1.49. The Morgan fingerprint density at radius 1 is 1.47 bits per heavy atom. The minimum atomic E-state index is 0.131. The number of hydrogen-bond donors (Lipinski definition) is 1. The number of amides is 1. The van der Waals surface area contributed by atoms with E-state index >= 15 is 0 Å². The number of carbonyl (C=O) groups is 1. The van der Waals surface area contributed by atoms with E-state index in [0.717, 1.165) is 31.7 Å². The Labute approximate surface area is 96.0 Å². The molecular weight excluding hydrogens is 208 g/mol. The molecule has 0 aromatic carbocycles. The number of nitrogens with zero attached hydrogens (tertiary/aromatic N) is 1. The fourth-order valence-electron chi connectivity index (χ4n) is 2.05. The van der Waals surface area contributed by atoms with Crippen molar-refractivity contribution < 1.29 is 4.79 Å². The zero-order chi connectivity index (χ0) is 10.7. The molecule has 1 saturated carbocycles. The van der Waals surface area contributed by atoms with E-state index < -0.39 is 0 Å². The van der Waals surface area contributed by atoms with Crippen molar-refractivity contribution >= 4 is 17.7 Å². The van der Waals surface area contributed by atoms with Gasteiger partial charge in [0, 0.05) is 19.1 Å². The van der Waals surface area contributed by atoms with Crippen LogP contribution in [0.2, 0.25) is 0 Å². The van der Waals surface area contributed by atoms with Gasteiger partial charge in [-0.15, -0.1) is 0 Å². The Kier molecular flexibility index (Phi) is 3.92. The summed E-state index contributed by atoms with van der Waals surface area (Å²) in [7, 11) is 0. The lowest BCUT2D eigenvalue weighted by atomic mass is 10.2. The van der Waals surface area contributed by atoms with Crippen LogP contribution >= 0.6 is 11.8 Å². The Bertz CT molecular complexity index is 231. The topological polar surface area (TPSA) is 32.3 Å². The van der Waals surface area contributed by atoms with Gasteiger partial charge in [0.05, 0.1) is 6.04 Å². The van der Waals surface area contributed by atoms with E-state index in [0.29, 0.717) is 11.9 Å². The summed E-state index contributed by atoms with van der Waals surface area (Å²) < 4.78 is 0. The zero-order valence-corrected chi connectivity index (χ0v) is 10.2. The molecule has 0 aromatic heterocycles. The van der Waals surface area contributed by atoms with Crippen LogP contribution in [-0.4, -0.2) is 48.0 Å². The van der Waals surface area contributed by atoms with E-state index in [2.05, 4.69) is 11.6 Å². The summed E-state index contributed by atoms with van der Waals surface area (Å²) >= 11 is 1.85. The highest BCUT2D eigenvalue weighted by atomic mass is 32.2. The van der Waals surface area contributed by atoms with Gasteiger partial charge in [0.15, 0.2) is 0 Å². The van der Waals surface area contributed by atoms with Crippen LogP contribution < -0.4 is 5.32 Å². The first-order valence-corrected chi connectivity index (χ1v) is 7.24. The summed E-state index contributed by atoms with van der Waals surface area (Å²) in [6.07, 6.45) is 6.77. The number of carbonyl (C=O) groups excluding carboxylic acids is 1. The first-order valence-electron chi connectivity index (χ1n) is 5.85. The number of nitrogens with one attached hydrogen (secondary N) is 1. The first-order chi connectivity index (χ1) is 7.31. The average Bonchev–Trinajstić information content (AvgIpc) is 2.98. The van der Waals surface area contributed by atoms with Crippen LogP contribution in [0.5, 0.6) is 0 Å². The van der Waals surface area contributed by atoms with Crippen molar-refractivity contribution in [3.63, 3.8) is 0 Å². The molecule has 3 nitrogen and oxygen atoms in total. The zero-order valence-electron chi connectivity index (χ0n) is 9.37. The number of hydrogen-bond acceptors (Lipinski definition) is 3. The lowest BCUT2D eigenvalue weighted by molar-refractivity contribution is -0.129. The lowest BCUT2D eigenvalue weighted by Crippen LogP contribution is -2.39. The molecular formula is C11H20N2OS. The van der Waals surface area contributed by atoms with Crippen LogP contribution in [0.15, 0.2) is 0 Å². The first kappa shape index (κ1) is 11.3. The van der Waals surface area contributed by atoms with Gasteiger partial charge in [-0.3, -0.25) is 4.79 Å². The smallest absolute Gasteiger partial charge is 0.239 e. The molecule has 1 aliphatic carbocycles. The van der Waals surface area contributed by atoms with Crippen LogP contribution in [0.1, 0.15) is 25.7 Å². The maximum absolute atomic E-state index is 11.9. The van der Waals surface area contributed by atoms with Crippen LogP contribution in [0.4, 0.5) is 0 Å². The third-order valence-electron chi connectivity index (χ3n) is 3.09. The molecule has 2 aliphatic rings. The SMILES string of the molecule is CSCCCN1CCC(NC2CC2)C1=O. The highest BCUT2D eigenvalue weighted by molar-refractivity contribution is 7.98. The molecule has 1 amide bonds. The van der Waals surface area contributed by atoms with E-state index in [1.165, 1.54) is 12.8 Å². The Morgan fingerprint density at radius 2 is 2.27 bits per heavy atom. The van der Waals surface area contributed by atoms with Crippen molar-refractivity contribution in [1.82, 2.24) is 10.2 Å². The van der Waals surface area contributed by atoms with Crippen LogP contribution in [0.3, 0.4) is 0 Å². The van der Waals surface area contributed by atoms with Crippen molar-refractivity contribution in [2.75, 3.05) is 25.1 Å². The van der Waals surface area contributed by atoms with E-state index in [1.807, 2.05) is 16.7 Å². The molecule has 1 heterocycles. The van der Waals surface area contributed by atoms with E-state index in [1.54, 1.807) is 0 Å². The van der Waals surface area contributed by atoms with Gasteiger partial charge in [-0.25, -0.2) is 0 Å². The molecule has 1 saturated heterocycles. The van der Waals surface area contributed by atoms with Crippen molar-refractivity contribution in [3.8, 4) is 0 Å². The monoisotopic (exact) mass is 228 g/mol. The summed E-state index contributed by atoms with van der Waals surface area (Å²) in [6, 6.07) is 0.775. The largest absolute Gasteiger partial charge is 0.341 e. The maximum atomic E-state index is 11.9. The van der Waals surface area contributed by atoms with E-state index in [9.17, 15) is 4.79 Å². The maximum Gasteiger partial charge on any atom is 0.239 e. The van der Waals surface area contributed by atoms with Crippen molar-refractivity contribution in [2.45, 2.75) is 37.8 Å². The molecule has 0 radical (unpaired) electrons. The van der Waals surface area contributed by atoms with Crippen molar-refractivity contribution in [1.29, 1.82) is 0 Å². The molecule has 1 atom stereocenters. The normalized spacial score (nSPS) is 26.3. The van der Waals surface area contributed by atoms with Gasteiger partial charge in [0.1, 0.15) is 0 Å². The van der Waals surface area contributed by atoms with Gasteiger partial charge in [-0.1, -0.05) is 0 Å². The predicted octanol–water partition coefficient (Wildman–Crippen LogP) is 1.09. The molecule has 0 spiro atoms. The minimum absolute atomic E-state index is 0.131. The van der Waals surface area contributed by atoms with Crippen LogP contribution in [-0.2, 0) is 4.79 Å². The Balaban J connectivity index is 1.70. The van der Waals surface area contributed by atoms with E-state index in [-0.39, 0.29) is 6.04 Å². The van der Waals surface area contributed by atoms with Gasteiger partial charge in [-0.05, 0) is 37.7 Å². The van der Waals surface area contributed by atoms with Crippen LogP contribution in [0, 0.1) is 0 Å². The van der Waals surface area contributed by atoms with Gasteiger partial charge < -0.3 is 10.2 Å². The summed E-state index contributed by atoms with van der Waals surface area (Å²) in [5, 5.41) is 3.43. The highest BCUT2D eigenvalue weighted by Gasteiger charge is 2.34. The summed E-state index contributed by atoms with van der Waals surface area (Å²) in [5.41, 5.74) is 0. The number of likely N-dealkylation sites (tertiary alicyclic amines) is 1. The third kappa shape index (κ3) is 3.11. The van der Waals surface area contributed by atoms with Gasteiger partial charge in [0.2, 0.25) is 5.91 Å². The van der Waals surface area contributed by atoms with Crippen molar-refractivity contribution in [2.24, 2.45) is 0 Å². The third-order valence-corrected chi connectivity index (χ3v) is 3.79. The van der Waals surface area contributed by atoms with Gasteiger partial charge >= 0.3 is 0 Å². The standard InChI is InChI=1S/C11H20N2OS/c1-15-8-2-6-13-7-5-10(11(13)14)12-9-3-4-9/h9-10,12H,2-8H2,1H3. The molecule has 2 rings (SSSR count). The number of rotatable bonds is 6. The Hall–Kier alpha value is -0.220. The molecule has 4 heteroatoms. The van der Waals surface area contributed by atoms with Crippen LogP contribution in [0.25, 0.3) is 0 Å². The summed E-state index contributed by atoms with van der Waals surface area (Å²) in [4.78, 5) is 13.9. The van der Waals surface area contributed by atoms with Gasteiger partial charge in [0.25, 0.3) is 0 Å². The van der Waals surface area contributed by atoms with Gasteiger partial charge in [-0.2, -0.15) is 11.8 Å². The van der Waals surface area contributed by atoms with Crippen molar-refractivity contribution in [3.05, 3.63) is 0 Å². The summed E-state index contributed by atoms with van der Waals surface area (Å²) in [6.45, 7) is 1.90. The quantitative estimate of drug-likeness (QED) is 0.691. The average molecular weight is 228 g/mol. The fraction of sp³-hybridized carbons (Fsp3) is 0.909. The molecule has 86 valence electrons. The Morgan fingerprint density at radius 3 is 2.93 bits per heavy atom. The molecule has 1 N–H and O–H groups in total. The van der Waals surface area contributed by atoms with E-state index in [4.69, 9.17) is 0 Å².